The summed E-state index contributed by atoms with van der Waals surface area (Å²) in [6.07, 6.45) is 2.51. The number of ether oxygens (including phenoxy) is 1. The molecule has 3 nitrogen and oxygen atoms in total. The molecular formula is C11H12BrN2O. The topological polar surface area (TPSA) is 33.6 Å². The van der Waals surface area contributed by atoms with Gasteiger partial charge in [0.2, 0.25) is 0 Å². The van der Waals surface area contributed by atoms with E-state index in [1.54, 1.807) is 0 Å². The van der Waals surface area contributed by atoms with Gasteiger partial charge in [0.1, 0.15) is 12.6 Å². The Morgan fingerprint density at radius 1 is 1.60 bits per heavy atom. The van der Waals surface area contributed by atoms with Crippen molar-refractivity contribution < 1.29 is 4.74 Å². The molecule has 0 saturated carbocycles. The minimum atomic E-state index is 0.220. The van der Waals surface area contributed by atoms with Gasteiger partial charge >= 0.3 is 0 Å². The molecule has 1 atom stereocenters. The van der Waals surface area contributed by atoms with Gasteiger partial charge in [0.05, 0.1) is 0 Å². The van der Waals surface area contributed by atoms with Crippen LogP contribution in [0.4, 0.5) is 0 Å². The van der Waals surface area contributed by atoms with E-state index in [4.69, 9.17) is 4.74 Å². The number of nitrogens with one attached hydrogen (secondary N) is 1. The number of nitrogens with zero attached hydrogens (tertiary/aromatic N) is 1. The summed E-state index contributed by atoms with van der Waals surface area (Å²) in [6.45, 7) is 2.33. The normalized spacial score (nSPS) is 19.1. The van der Waals surface area contributed by atoms with E-state index in [1.807, 2.05) is 12.1 Å². The maximum Gasteiger partial charge on any atom is 0.273 e. The van der Waals surface area contributed by atoms with Crippen molar-refractivity contribution in [3.8, 4) is 0 Å². The van der Waals surface area contributed by atoms with Crippen molar-refractivity contribution in [1.29, 1.82) is 0 Å². The van der Waals surface area contributed by atoms with Crippen LogP contribution in [0.1, 0.15) is 5.56 Å². The quantitative estimate of drug-likeness (QED) is 0.904. The number of hydrogen-bond acceptors (Lipinski definition) is 3. The highest BCUT2D eigenvalue weighted by molar-refractivity contribution is 9.10. The van der Waals surface area contributed by atoms with Crippen LogP contribution >= 0.6 is 15.9 Å². The highest BCUT2D eigenvalue weighted by Gasteiger charge is 2.11. The Kier molecular flexibility index (Phi) is 3.75. The SMILES string of the molecule is Brc1cccc(CNCC2CO[C]=N2)c1. The van der Waals surface area contributed by atoms with Crippen LogP contribution < -0.4 is 5.32 Å². The van der Waals surface area contributed by atoms with E-state index in [2.05, 4.69) is 44.8 Å². The van der Waals surface area contributed by atoms with Gasteiger partial charge in [-0.15, -0.1) is 0 Å². The maximum absolute atomic E-state index is 4.91. The van der Waals surface area contributed by atoms with Crippen molar-refractivity contribution in [3.63, 3.8) is 0 Å². The largest absolute Gasteiger partial charge is 0.472 e. The van der Waals surface area contributed by atoms with E-state index < -0.39 is 0 Å². The molecule has 0 spiro atoms. The van der Waals surface area contributed by atoms with Crippen LogP contribution in [0.3, 0.4) is 0 Å². The molecule has 0 amide bonds. The fourth-order valence-electron chi connectivity index (χ4n) is 1.42. The predicted molar refractivity (Wildman–Crippen MR) is 63.0 cm³/mol. The fourth-order valence-corrected chi connectivity index (χ4v) is 1.86. The minimum absolute atomic E-state index is 0.220. The zero-order valence-corrected chi connectivity index (χ0v) is 9.83. The average molecular weight is 268 g/mol. The fraction of sp³-hybridized carbons (Fsp3) is 0.364. The molecule has 1 radical (unpaired) electrons. The second-order valence-corrected chi connectivity index (χ2v) is 4.36. The van der Waals surface area contributed by atoms with Crippen LogP contribution in [0, 0.1) is 0 Å². The lowest BCUT2D eigenvalue weighted by Gasteiger charge is -2.07. The van der Waals surface area contributed by atoms with Crippen LogP contribution in [-0.2, 0) is 11.3 Å². The Morgan fingerprint density at radius 2 is 2.53 bits per heavy atom. The van der Waals surface area contributed by atoms with Crippen molar-refractivity contribution >= 4 is 22.3 Å². The molecule has 2 rings (SSSR count). The summed E-state index contributed by atoms with van der Waals surface area (Å²) in [7, 11) is 0. The lowest BCUT2D eigenvalue weighted by Crippen LogP contribution is -2.26. The zero-order chi connectivity index (χ0) is 10.5. The molecule has 1 aromatic rings. The molecule has 0 aliphatic carbocycles. The lowest BCUT2D eigenvalue weighted by atomic mass is 10.2. The van der Waals surface area contributed by atoms with Crippen molar-refractivity contribution in [3.05, 3.63) is 34.3 Å². The summed E-state index contributed by atoms with van der Waals surface area (Å²) in [5.74, 6) is 0. The van der Waals surface area contributed by atoms with Gasteiger partial charge in [-0.05, 0) is 17.7 Å². The zero-order valence-electron chi connectivity index (χ0n) is 8.24. The number of rotatable bonds is 4. The third-order valence-corrected chi connectivity index (χ3v) is 2.67. The Balaban J connectivity index is 1.75. The number of benzene rings is 1. The summed E-state index contributed by atoms with van der Waals surface area (Å²) in [5, 5.41) is 3.34. The number of aliphatic imine (C=N–C) groups is 1. The molecule has 1 aliphatic heterocycles. The van der Waals surface area contributed by atoms with E-state index >= 15 is 0 Å². The first-order valence-corrected chi connectivity index (χ1v) is 5.66. The molecule has 1 aromatic carbocycles. The molecule has 4 heteroatoms. The third-order valence-electron chi connectivity index (χ3n) is 2.17. The van der Waals surface area contributed by atoms with Gasteiger partial charge in [0, 0.05) is 17.6 Å². The average Bonchev–Trinajstić information content (AvgIpc) is 2.71. The molecule has 0 aromatic heterocycles. The third kappa shape index (κ3) is 3.32. The van der Waals surface area contributed by atoms with Gasteiger partial charge in [-0.3, -0.25) is 0 Å². The van der Waals surface area contributed by atoms with Crippen molar-refractivity contribution in [2.75, 3.05) is 13.2 Å². The Bertz CT molecular complexity index is 354. The van der Waals surface area contributed by atoms with Gasteiger partial charge in [-0.2, -0.15) is 0 Å². The van der Waals surface area contributed by atoms with E-state index in [0.29, 0.717) is 6.61 Å². The predicted octanol–water partition coefficient (Wildman–Crippen LogP) is 1.84. The first kappa shape index (κ1) is 10.6. The molecule has 1 aliphatic rings. The molecule has 1 unspecified atom stereocenters. The maximum atomic E-state index is 4.91. The molecule has 0 fully saturated rings. The molecule has 1 heterocycles. The van der Waals surface area contributed by atoms with Crippen LogP contribution in [-0.4, -0.2) is 25.6 Å². The first-order chi connectivity index (χ1) is 7.34. The summed E-state index contributed by atoms with van der Waals surface area (Å²) < 4.78 is 6.02. The molecule has 1 N–H and O–H groups in total. The molecule has 79 valence electrons. The van der Waals surface area contributed by atoms with Crippen molar-refractivity contribution in [2.24, 2.45) is 4.99 Å². The van der Waals surface area contributed by atoms with Crippen LogP contribution in [0.5, 0.6) is 0 Å². The van der Waals surface area contributed by atoms with Gasteiger partial charge < -0.3 is 10.1 Å². The number of hydrogen-bond donors (Lipinski definition) is 1. The minimum Gasteiger partial charge on any atom is -0.472 e. The Morgan fingerprint density at radius 3 is 3.27 bits per heavy atom. The lowest BCUT2D eigenvalue weighted by molar-refractivity contribution is 0.323. The molecule has 0 saturated heterocycles. The van der Waals surface area contributed by atoms with Crippen molar-refractivity contribution in [1.82, 2.24) is 5.32 Å². The monoisotopic (exact) mass is 267 g/mol. The van der Waals surface area contributed by atoms with Gasteiger partial charge in [0.25, 0.3) is 6.40 Å². The molecule has 0 bridgehead atoms. The summed E-state index contributed by atoms with van der Waals surface area (Å²) in [5.41, 5.74) is 1.26. The molecular weight excluding hydrogens is 256 g/mol. The van der Waals surface area contributed by atoms with E-state index in [0.717, 1.165) is 17.6 Å². The Labute approximate surface area is 97.7 Å². The summed E-state index contributed by atoms with van der Waals surface area (Å²) >= 11 is 3.44. The standard InChI is InChI=1S/C11H12BrN2O/c12-10-3-1-2-9(4-10)5-13-6-11-7-15-8-14-11/h1-4,11,13H,5-7H2. The van der Waals surface area contributed by atoms with Crippen LogP contribution in [0.2, 0.25) is 0 Å². The van der Waals surface area contributed by atoms with Crippen molar-refractivity contribution in [2.45, 2.75) is 12.6 Å². The highest BCUT2D eigenvalue weighted by atomic mass is 79.9. The van der Waals surface area contributed by atoms with E-state index in [-0.39, 0.29) is 6.04 Å². The summed E-state index contributed by atoms with van der Waals surface area (Å²) in [4.78, 5) is 4.04. The van der Waals surface area contributed by atoms with Gasteiger partial charge in [-0.25, -0.2) is 4.99 Å². The Hall–Kier alpha value is -0.870. The van der Waals surface area contributed by atoms with Gasteiger partial charge in [0.15, 0.2) is 0 Å². The highest BCUT2D eigenvalue weighted by Crippen LogP contribution is 2.11. The first-order valence-electron chi connectivity index (χ1n) is 4.86. The smallest absolute Gasteiger partial charge is 0.273 e. The second-order valence-electron chi connectivity index (χ2n) is 3.45. The summed E-state index contributed by atoms with van der Waals surface area (Å²) in [6, 6.07) is 8.47. The van der Waals surface area contributed by atoms with Crippen LogP contribution in [0.15, 0.2) is 33.7 Å². The second kappa shape index (κ2) is 5.28. The van der Waals surface area contributed by atoms with Gasteiger partial charge in [-0.1, -0.05) is 28.1 Å². The van der Waals surface area contributed by atoms with E-state index in [9.17, 15) is 0 Å². The number of halogens is 1. The molecule has 15 heavy (non-hydrogen) atoms. The van der Waals surface area contributed by atoms with Crippen LogP contribution in [0.25, 0.3) is 0 Å². The van der Waals surface area contributed by atoms with E-state index in [1.165, 1.54) is 5.56 Å².